The summed E-state index contributed by atoms with van der Waals surface area (Å²) < 4.78 is 28.5. The number of hydrogen-bond acceptors (Lipinski definition) is 5. The number of aromatic amines is 1. The minimum absolute atomic E-state index is 0.00224. The summed E-state index contributed by atoms with van der Waals surface area (Å²) in [6.45, 7) is 0.355. The van der Waals surface area contributed by atoms with Gasteiger partial charge in [-0.3, -0.25) is 0 Å². The van der Waals surface area contributed by atoms with Crippen molar-refractivity contribution in [2.24, 2.45) is 0 Å². The molecule has 0 atom stereocenters. The number of halogens is 3. The third-order valence-electron chi connectivity index (χ3n) is 4.90. The predicted octanol–water partition coefficient (Wildman–Crippen LogP) is 6.49. The van der Waals surface area contributed by atoms with Gasteiger partial charge in [0.15, 0.2) is 5.82 Å². The Morgan fingerprint density at radius 2 is 1.97 bits per heavy atom. The molecule has 3 aromatic carbocycles. The number of aromatic nitrogens is 3. The Hall–Kier alpha value is -2.88. The lowest BCUT2D eigenvalue weighted by atomic mass is 10.2. The Labute approximate surface area is 208 Å². The first-order valence-electron chi connectivity index (χ1n) is 9.86. The molecule has 0 bridgehead atoms. The van der Waals surface area contributed by atoms with Crippen LogP contribution in [0.1, 0.15) is 11.1 Å². The Balaban J connectivity index is 1.58. The SMILES string of the molecule is COc1ccccc1-c1n[nH]c(=S)n1NCc1cc(Br)ccc1OCc1c(F)cccc1Cl. The second-order valence-electron chi connectivity index (χ2n) is 6.96. The maximum atomic E-state index is 14.1. The van der Waals surface area contributed by atoms with Gasteiger partial charge in [0.2, 0.25) is 4.77 Å². The summed E-state index contributed by atoms with van der Waals surface area (Å²) >= 11 is 15.0. The minimum Gasteiger partial charge on any atom is -0.496 e. The number of H-pyrrole nitrogens is 1. The Morgan fingerprint density at radius 3 is 2.76 bits per heavy atom. The van der Waals surface area contributed by atoms with Crippen LogP contribution in [-0.4, -0.2) is 22.0 Å². The monoisotopic (exact) mass is 548 g/mol. The zero-order chi connectivity index (χ0) is 23.4. The van der Waals surface area contributed by atoms with E-state index in [-0.39, 0.29) is 6.61 Å². The van der Waals surface area contributed by atoms with Gasteiger partial charge in [-0.2, -0.15) is 5.10 Å². The zero-order valence-corrected chi connectivity index (χ0v) is 20.6. The van der Waals surface area contributed by atoms with E-state index in [1.807, 2.05) is 42.5 Å². The van der Waals surface area contributed by atoms with Gasteiger partial charge in [0.25, 0.3) is 0 Å². The number of nitrogens with zero attached hydrogens (tertiary/aromatic N) is 2. The molecule has 6 nitrogen and oxygen atoms in total. The molecule has 0 aliphatic rings. The van der Waals surface area contributed by atoms with E-state index in [0.717, 1.165) is 15.6 Å². The van der Waals surface area contributed by atoms with Crippen LogP contribution in [0.3, 0.4) is 0 Å². The molecule has 0 amide bonds. The van der Waals surface area contributed by atoms with Crippen molar-refractivity contribution in [2.75, 3.05) is 12.5 Å². The van der Waals surface area contributed by atoms with Crippen molar-refractivity contribution in [3.8, 4) is 22.9 Å². The fraction of sp³-hybridized carbons (Fsp3) is 0.130. The normalized spacial score (nSPS) is 10.8. The van der Waals surface area contributed by atoms with Crippen LogP contribution in [0.5, 0.6) is 11.5 Å². The molecule has 0 spiro atoms. The second-order valence-corrected chi connectivity index (χ2v) is 8.67. The highest BCUT2D eigenvalue weighted by atomic mass is 79.9. The lowest BCUT2D eigenvalue weighted by Crippen LogP contribution is -2.17. The van der Waals surface area contributed by atoms with Crippen LogP contribution in [-0.2, 0) is 13.2 Å². The average molecular weight is 550 g/mol. The molecule has 10 heteroatoms. The molecular formula is C23H19BrClFN4O2S. The van der Waals surface area contributed by atoms with E-state index < -0.39 is 5.82 Å². The summed E-state index contributed by atoms with van der Waals surface area (Å²) in [5, 5.41) is 7.48. The minimum atomic E-state index is -0.412. The van der Waals surface area contributed by atoms with Crippen molar-refractivity contribution >= 4 is 39.7 Å². The Kier molecular flexibility index (Phi) is 7.32. The van der Waals surface area contributed by atoms with Crippen LogP contribution in [0.25, 0.3) is 11.4 Å². The average Bonchev–Trinajstić information content (AvgIpc) is 3.18. The van der Waals surface area contributed by atoms with E-state index in [0.29, 0.717) is 39.2 Å². The van der Waals surface area contributed by atoms with Gasteiger partial charge >= 0.3 is 0 Å². The quantitative estimate of drug-likeness (QED) is 0.246. The molecule has 0 fully saturated rings. The Bertz CT molecular complexity index is 1320. The molecule has 0 saturated carbocycles. The molecule has 170 valence electrons. The van der Waals surface area contributed by atoms with Crippen LogP contribution in [0.2, 0.25) is 5.02 Å². The highest BCUT2D eigenvalue weighted by molar-refractivity contribution is 9.10. The highest BCUT2D eigenvalue weighted by Crippen LogP contribution is 2.29. The lowest BCUT2D eigenvalue weighted by Gasteiger charge is -2.16. The second kappa shape index (κ2) is 10.4. The molecule has 0 unspecified atom stereocenters. The number of hydrogen-bond donors (Lipinski definition) is 2. The van der Waals surface area contributed by atoms with Crippen molar-refractivity contribution in [1.29, 1.82) is 0 Å². The highest BCUT2D eigenvalue weighted by Gasteiger charge is 2.15. The van der Waals surface area contributed by atoms with Gasteiger partial charge in [0.05, 0.1) is 24.2 Å². The summed E-state index contributed by atoms with van der Waals surface area (Å²) in [6, 6.07) is 17.7. The van der Waals surface area contributed by atoms with E-state index in [2.05, 4.69) is 31.6 Å². The molecule has 4 rings (SSSR count). The summed E-state index contributed by atoms with van der Waals surface area (Å²) in [6.07, 6.45) is 0. The maximum absolute atomic E-state index is 14.1. The van der Waals surface area contributed by atoms with E-state index in [9.17, 15) is 4.39 Å². The third kappa shape index (κ3) is 5.21. The van der Waals surface area contributed by atoms with Crippen molar-refractivity contribution in [3.63, 3.8) is 0 Å². The largest absolute Gasteiger partial charge is 0.496 e. The van der Waals surface area contributed by atoms with Crippen LogP contribution in [0.15, 0.2) is 65.1 Å². The fourth-order valence-corrected chi connectivity index (χ4v) is 4.09. The lowest BCUT2D eigenvalue weighted by molar-refractivity contribution is 0.297. The zero-order valence-electron chi connectivity index (χ0n) is 17.4. The van der Waals surface area contributed by atoms with E-state index in [1.165, 1.54) is 6.07 Å². The van der Waals surface area contributed by atoms with Crippen LogP contribution < -0.4 is 14.9 Å². The predicted molar refractivity (Wildman–Crippen MR) is 132 cm³/mol. The number of para-hydroxylation sites is 1. The van der Waals surface area contributed by atoms with Crippen LogP contribution in [0, 0.1) is 10.6 Å². The van der Waals surface area contributed by atoms with E-state index in [1.54, 1.807) is 23.9 Å². The number of benzene rings is 3. The van der Waals surface area contributed by atoms with Gasteiger partial charge in [-0.1, -0.05) is 45.7 Å². The van der Waals surface area contributed by atoms with Crippen molar-refractivity contribution < 1.29 is 13.9 Å². The standard InChI is InChI=1S/C23H19BrClFN4O2S/c1-31-21-8-3-2-5-16(21)22-28-29-23(33)30(22)27-12-14-11-15(24)9-10-20(14)32-13-17-18(25)6-4-7-19(17)26/h2-11,27H,12-13H2,1H3,(H,29,33). The van der Waals surface area contributed by atoms with Gasteiger partial charge in [0.1, 0.15) is 23.9 Å². The van der Waals surface area contributed by atoms with Crippen LogP contribution >= 0.6 is 39.7 Å². The summed E-state index contributed by atoms with van der Waals surface area (Å²) in [4.78, 5) is 0. The first kappa shape index (κ1) is 23.3. The molecule has 33 heavy (non-hydrogen) atoms. The molecular weight excluding hydrogens is 531 g/mol. The maximum Gasteiger partial charge on any atom is 0.214 e. The molecule has 0 aliphatic heterocycles. The molecule has 1 heterocycles. The molecule has 1 aromatic heterocycles. The summed E-state index contributed by atoms with van der Waals surface area (Å²) in [5.74, 6) is 1.42. The number of methoxy groups -OCH3 is 1. The van der Waals surface area contributed by atoms with Gasteiger partial charge in [-0.15, -0.1) is 0 Å². The molecule has 0 saturated heterocycles. The van der Waals surface area contributed by atoms with E-state index in [4.69, 9.17) is 33.3 Å². The topological polar surface area (TPSA) is 64.1 Å². The van der Waals surface area contributed by atoms with Crippen molar-refractivity contribution in [2.45, 2.75) is 13.2 Å². The van der Waals surface area contributed by atoms with Crippen LogP contribution in [0.4, 0.5) is 4.39 Å². The first-order chi connectivity index (χ1) is 16.0. The van der Waals surface area contributed by atoms with Gasteiger partial charge in [-0.05, 0) is 54.7 Å². The smallest absolute Gasteiger partial charge is 0.214 e. The van der Waals surface area contributed by atoms with Gasteiger partial charge in [0, 0.05) is 15.6 Å². The summed E-state index contributed by atoms with van der Waals surface area (Å²) in [5.41, 5.74) is 5.18. The number of ether oxygens (including phenoxy) is 2. The fourth-order valence-electron chi connectivity index (χ4n) is 3.27. The molecule has 0 radical (unpaired) electrons. The molecule has 2 N–H and O–H groups in total. The number of rotatable bonds is 8. The van der Waals surface area contributed by atoms with Gasteiger partial charge in [-0.25, -0.2) is 14.2 Å². The van der Waals surface area contributed by atoms with Crippen molar-refractivity contribution in [3.05, 3.63) is 91.9 Å². The number of nitrogens with one attached hydrogen (secondary N) is 2. The van der Waals surface area contributed by atoms with Gasteiger partial charge < -0.3 is 14.9 Å². The summed E-state index contributed by atoms with van der Waals surface area (Å²) in [7, 11) is 1.60. The Morgan fingerprint density at radius 1 is 1.15 bits per heavy atom. The first-order valence-corrected chi connectivity index (χ1v) is 11.4. The van der Waals surface area contributed by atoms with Crippen molar-refractivity contribution in [1.82, 2.24) is 14.9 Å². The third-order valence-corrected chi connectivity index (χ3v) is 6.03. The molecule has 4 aromatic rings. The molecule has 0 aliphatic carbocycles. The van der Waals surface area contributed by atoms with E-state index >= 15 is 0 Å².